The van der Waals surface area contributed by atoms with Gasteiger partial charge < -0.3 is 5.32 Å². The van der Waals surface area contributed by atoms with Crippen molar-refractivity contribution in [1.29, 1.82) is 0 Å². The number of hydrogen-bond donors (Lipinski definition) is 1. The summed E-state index contributed by atoms with van der Waals surface area (Å²) in [5, 5.41) is 3.12. The smallest absolute Gasteiger partial charge is 0.244 e. The summed E-state index contributed by atoms with van der Waals surface area (Å²) in [4.78, 5) is 11.4. The maximum absolute atomic E-state index is 11.4. The average Bonchev–Trinajstić information content (AvgIpc) is 2.22. The van der Waals surface area contributed by atoms with Gasteiger partial charge in [0.1, 0.15) is 0 Å². The lowest BCUT2D eigenvalue weighted by atomic mass is 9.63. The van der Waals surface area contributed by atoms with Crippen molar-refractivity contribution in [3.63, 3.8) is 0 Å². The molecule has 16 heavy (non-hydrogen) atoms. The summed E-state index contributed by atoms with van der Waals surface area (Å²) in [6.45, 7) is 4.35. The molecule has 0 saturated heterocycles. The molecule has 2 nitrogen and oxygen atoms in total. The van der Waals surface area contributed by atoms with E-state index in [2.05, 4.69) is 19.2 Å². The van der Waals surface area contributed by atoms with E-state index in [0.29, 0.717) is 12.0 Å². The molecule has 2 heteroatoms. The van der Waals surface area contributed by atoms with Crippen molar-refractivity contribution in [2.24, 2.45) is 11.8 Å². The zero-order chi connectivity index (χ0) is 11.5. The molecule has 3 atom stereocenters. The second-order valence-electron chi connectivity index (χ2n) is 5.37. The molecule has 90 valence electrons. The van der Waals surface area contributed by atoms with Gasteiger partial charge in [0.05, 0.1) is 0 Å². The first-order valence-electron chi connectivity index (χ1n) is 6.71. The van der Waals surface area contributed by atoms with Crippen LogP contribution in [0.5, 0.6) is 0 Å². The lowest BCUT2D eigenvalue weighted by Crippen LogP contribution is -2.56. The lowest BCUT2D eigenvalue weighted by molar-refractivity contribution is -0.120. The van der Waals surface area contributed by atoms with Crippen LogP contribution in [0, 0.1) is 11.8 Å². The molecular weight excluding hydrogens is 198 g/mol. The predicted octanol–water partition coefficient (Wildman–Crippen LogP) is 3.04. The van der Waals surface area contributed by atoms with E-state index in [1.165, 1.54) is 44.1 Å². The largest absolute Gasteiger partial charge is 0.349 e. The molecule has 1 N–H and O–H groups in total. The third-order valence-corrected chi connectivity index (χ3v) is 4.18. The van der Waals surface area contributed by atoms with Crippen LogP contribution in [0.1, 0.15) is 52.4 Å². The Kier molecular flexibility index (Phi) is 3.67. The van der Waals surface area contributed by atoms with Crippen molar-refractivity contribution in [2.45, 2.75) is 58.4 Å². The number of rotatable bonds is 5. The van der Waals surface area contributed by atoms with E-state index in [4.69, 9.17) is 0 Å². The summed E-state index contributed by atoms with van der Waals surface area (Å²) >= 11 is 0. The number of carbonyl (C=O) groups excluding carboxylic acids is 1. The van der Waals surface area contributed by atoms with Crippen LogP contribution in [0.25, 0.3) is 0 Å². The maximum Gasteiger partial charge on any atom is 0.244 e. The Labute approximate surface area is 98.5 Å². The zero-order valence-corrected chi connectivity index (χ0v) is 10.5. The molecule has 0 aromatic heterocycles. The highest BCUT2D eigenvalue weighted by Gasteiger charge is 2.43. The van der Waals surface area contributed by atoms with Gasteiger partial charge in [0.2, 0.25) is 5.91 Å². The minimum Gasteiger partial charge on any atom is -0.349 e. The summed E-state index contributed by atoms with van der Waals surface area (Å²) in [5.41, 5.74) is 1.29. The van der Waals surface area contributed by atoms with E-state index in [1.807, 2.05) is 0 Å². The first-order valence-corrected chi connectivity index (χ1v) is 6.71. The molecule has 1 saturated carbocycles. The number of carbonyl (C=O) groups is 1. The SMILES string of the molecule is CCCCCC[C@H]1C[C@@H]2C(C)=CC(=O)N[C@H]12. The molecule has 0 aromatic carbocycles. The van der Waals surface area contributed by atoms with Crippen molar-refractivity contribution < 1.29 is 4.79 Å². The first kappa shape index (κ1) is 11.7. The molecular formula is C14H23NO. The summed E-state index contributed by atoms with van der Waals surface area (Å²) < 4.78 is 0. The number of fused-ring (bicyclic) bond motifs is 1. The van der Waals surface area contributed by atoms with E-state index >= 15 is 0 Å². The molecule has 1 heterocycles. The minimum absolute atomic E-state index is 0.122. The highest BCUT2D eigenvalue weighted by Crippen LogP contribution is 2.43. The van der Waals surface area contributed by atoms with E-state index < -0.39 is 0 Å². The Morgan fingerprint density at radius 3 is 2.94 bits per heavy atom. The van der Waals surface area contributed by atoms with Gasteiger partial charge in [0.15, 0.2) is 0 Å². The van der Waals surface area contributed by atoms with Crippen LogP contribution in [-0.2, 0) is 4.79 Å². The van der Waals surface area contributed by atoms with Gasteiger partial charge in [-0.3, -0.25) is 4.79 Å². The number of unbranched alkanes of at least 4 members (excludes halogenated alkanes) is 3. The van der Waals surface area contributed by atoms with Gasteiger partial charge in [-0.1, -0.05) is 38.2 Å². The summed E-state index contributed by atoms with van der Waals surface area (Å²) in [7, 11) is 0. The van der Waals surface area contributed by atoms with Crippen LogP contribution >= 0.6 is 0 Å². The Bertz CT molecular complexity index is 295. The Balaban J connectivity index is 1.76. The highest BCUT2D eigenvalue weighted by molar-refractivity contribution is 5.89. The van der Waals surface area contributed by atoms with Gasteiger partial charge >= 0.3 is 0 Å². The standard InChI is InChI=1S/C14H23NO/c1-3-4-5-6-7-11-9-12-10(2)8-13(16)15-14(11)12/h8,11-12,14H,3-7,9H2,1-2H3,(H,15,16)/t11-,12+,14+/m0/s1. The maximum atomic E-state index is 11.4. The quantitative estimate of drug-likeness (QED) is 0.710. The Morgan fingerprint density at radius 2 is 2.19 bits per heavy atom. The zero-order valence-electron chi connectivity index (χ0n) is 10.5. The number of nitrogens with one attached hydrogen (secondary N) is 1. The van der Waals surface area contributed by atoms with Gasteiger partial charge in [0, 0.05) is 18.0 Å². The van der Waals surface area contributed by atoms with Crippen molar-refractivity contribution in [1.82, 2.24) is 5.32 Å². The topological polar surface area (TPSA) is 29.1 Å². The Morgan fingerprint density at radius 1 is 1.38 bits per heavy atom. The van der Waals surface area contributed by atoms with Gasteiger partial charge in [0.25, 0.3) is 0 Å². The van der Waals surface area contributed by atoms with Crippen LogP contribution < -0.4 is 5.32 Å². The number of amides is 1. The van der Waals surface area contributed by atoms with E-state index in [1.54, 1.807) is 6.08 Å². The first-order chi connectivity index (χ1) is 7.72. The molecule has 2 aliphatic rings. The Hall–Kier alpha value is -0.790. The van der Waals surface area contributed by atoms with Crippen LogP contribution in [-0.4, -0.2) is 11.9 Å². The van der Waals surface area contributed by atoms with Crippen LogP contribution in [0.15, 0.2) is 11.6 Å². The summed E-state index contributed by atoms with van der Waals surface area (Å²) in [6, 6.07) is 0.458. The third-order valence-electron chi connectivity index (χ3n) is 4.18. The molecule has 0 aromatic rings. The fourth-order valence-corrected chi connectivity index (χ4v) is 3.09. The van der Waals surface area contributed by atoms with Crippen molar-refractivity contribution >= 4 is 5.91 Å². The fourth-order valence-electron chi connectivity index (χ4n) is 3.09. The van der Waals surface area contributed by atoms with Crippen molar-refractivity contribution in [3.8, 4) is 0 Å². The van der Waals surface area contributed by atoms with Crippen LogP contribution in [0.2, 0.25) is 0 Å². The second kappa shape index (κ2) is 5.03. The van der Waals surface area contributed by atoms with E-state index in [0.717, 1.165) is 5.92 Å². The molecule has 1 fully saturated rings. The predicted molar refractivity (Wildman–Crippen MR) is 66.0 cm³/mol. The van der Waals surface area contributed by atoms with Gasteiger partial charge in [-0.2, -0.15) is 0 Å². The van der Waals surface area contributed by atoms with Crippen molar-refractivity contribution in [2.75, 3.05) is 0 Å². The molecule has 0 radical (unpaired) electrons. The minimum atomic E-state index is 0.122. The van der Waals surface area contributed by atoms with Gasteiger partial charge in [-0.25, -0.2) is 0 Å². The van der Waals surface area contributed by atoms with Crippen LogP contribution in [0.3, 0.4) is 0 Å². The molecule has 0 spiro atoms. The molecule has 0 bridgehead atoms. The number of hydrogen-bond acceptors (Lipinski definition) is 1. The third kappa shape index (κ3) is 2.31. The summed E-state index contributed by atoms with van der Waals surface area (Å²) in [5.74, 6) is 1.51. The van der Waals surface area contributed by atoms with E-state index in [9.17, 15) is 4.79 Å². The van der Waals surface area contributed by atoms with E-state index in [-0.39, 0.29) is 5.91 Å². The molecule has 1 aliphatic heterocycles. The highest BCUT2D eigenvalue weighted by atomic mass is 16.1. The van der Waals surface area contributed by atoms with Gasteiger partial charge in [-0.05, 0) is 25.7 Å². The molecule has 1 aliphatic carbocycles. The lowest BCUT2D eigenvalue weighted by Gasteiger charge is -2.48. The average molecular weight is 221 g/mol. The fraction of sp³-hybridized carbons (Fsp3) is 0.786. The molecule has 2 rings (SSSR count). The van der Waals surface area contributed by atoms with Gasteiger partial charge in [-0.15, -0.1) is 0 Å². The second-order valence-corrected chi connectivity index (χ2v) is 5.37. The normalized spacial score (nSPS) is 32.5. The molecule has 1 amide bonds. The monoisotopic (exact) mass is 221 g/mol. The van der Waals surface area contributed by atoms with Crippen LogP contribution in [0.4, 0.5) is 0 Å². The summed E-state index contributed by atoms with van der Waals surface area (Å²) in [6.07, 6.45) is 9.71. The van der Waals surface area contributed by atoms with Crippen molar-refractivity contribution in [3.05, 3.63) is 11.6 Å². The molecule has 0 unspecified atom stereocenters.